The van der Waals surface area contributed by atoms with E-state index in [1.807, 2.05) is 71.6 Å². The average molecular weight is 488 g/mol. The zero-order chi connectivity index (χ0) is 23.5. The molecule has 5 nitrogen and oxygen atoms in total. The maximum Gasteiger partial charge on any atom is 0.237 e. The third-order valence-corrected chi connectivity index (χ3v) is 8.08. The summed E-state index contributed by atoms with van der Waals surface area (Å²) in [6.07, 6.45) is 2.05. The van der Waals surface area contributed by atoms with Gasteiger partial charge in [-0.2, -0.15) is 0 Å². The Morgan fingerprint density at radius 2 is 1.88 bits per heavy atom. The smallest absolute Gasteiger partial charge is 0.237 e. The number of thioether (sulfide) groups is 1. The van der Waals surface area contributed by atoms with E-state index in [1.165, 1.54) is 17.3 Å². The highest BCUT2D eigenvalue weighted by Crippen LogP contribution is 2.35. The van der Waals surface area contributed by atoms with Crippen LogP contribution < -0.4 is 10.2 Å². The van der Waals surface area contributed by atoms with Crippen molar-refractivity contribution in [2.45, 2.75) is 36.6 Å². The van der Waals surface area contributed by atoms with Crippen molar-refractivity contribution in [1.82, 2.24) is 4.98 Å². The van der Waals surface area contributed by atoms with E-state index >= 15 is 0 Å². The number of carbonyl (C=O) groups is 2. The molecule has 1 aliphatic rings. The molecule has 2 amide bonds. The van der Waals surface area contributed by atoms with Gasteiger partial charge in [0.2, 0.25) is 11.8 Å². The molecule has 172 valence electrons. The Bertz CT molecular complexity index is 1340. The Kier molecular flexibility index (Phi) is 6.65. The van der Waals surface area contributed by atoms with Crippen molar-refractivity contribution in [3.63, 3.8) is 0 Å². The van der Waals surface area contributed by atoms with Gasteiger partial charge in [0.25, 0.3) is 0 Å². The summed E-state index contributed by atoms with van der Waals surface area (Å²) in [6.45, 7) is 2.09. The minimum absolute atomic E-state index is 0.00655. The third kappa shape index (κ3) is 5.00. The SMILES string of the molecule is C[C@@H]1Cc2ccccc2N1C(=O)CSc1nc2ccc(NC(=O)CCc3ccccc3)cc2s1. The topological polar surface area (TPSA) is 62.3 Å². The van der Waals surface area contributed by atoms with Gasteiger partial charge in [0.15, 0.2) is 4.34 Å². The summed E-state index contributed by atoms with van der Waals surface area (Å²) < 4.78 is 1.85. The summed E-state index contributed by atoms with van der Waals surface area (Å²) >= 11 is 3.02. The summed E-state index contributed by atoms with van der Waals surface area (Å²) in [7, 11) is 0. The molecule has 34 heavy (non-hydrogen) atoms. The van der Waals surface area contributed by atoms with Crippen LogP contribution in [0.4, 0.5) is 11.4 Å². The van der Waals surface area contributed by atoms with Crippen molar-refractivity contribution < 1.29 is 9.59 Å². The number of hydrogen-bond donors (Lipinski definition) is 1. The van der Waals surface area contributed by atoms with E-state index in [-0.39, 0.29) is 17.9 Å². The number of hydrogen-bond acceptors (Lipinski definition) is 5. The first-order valence-electron chi connectivity index (χ1n) is 11.3. The molecule has 1 aliphatic heterocycles. The molecule has 0 unspecified atom stereocenters. The van der Waals surface area contributed by atoms with Gasteiger partial charge in [0.1, 0.15) is 0 Å². The molecule has 4 aromatic rings. The first-order valence-corrected chi connectivity index (χ1v) is 13.1. The summed E-state index contributed by atoms with van der Waals surface area (Å²) in [5.41, 5.74) is 5.05. The Hall–Kier alpha value is -3.16. The minimum atomic E-state index is -0.00655. The predicted octanol–water partition coefficient (Wildman–Crippen LogP) is 5.94. The Morgan fingerprint density at radius 3 is 2.74 bits per heavy atom. The number of rotatable bonds is 7. The van der Waals surface area contributed by atoms with E-state index in [9.17, 15) is 9.59 Å². The lowest BCUT2D eigenvalue weighted by Gasteiger charge is -2.22. The van der Waals surface area contributed by atoms with Crippen LogP contribution in [0.25, 0.3) is 10.2 Å². The fraction of sp³-hybridized carbons (Fsp3) is 0.222. The molecule has 0 saturated heterocycles. The molecule has 0 radical (unpaired) electrons. The highest BCUT2D eigenvalue weighted by molar-refractivity contribution is 8.01. The second-order valence-corrected chi connectivity index (χ2v) is 10.7. The molecule has 0 spiro atoms. The van der Waals surface area contributed by atoms with Crippen molar-refractivity contribution in [3.05, 3.63) is 83.9 Å². The van der Waals surface area contributed by atoms with Crippen molar-refractivity contribution in [2.75, 3.05) is 16.0 Å². The van der Waals surface area contributed by atoms with Crippen LogP contribution in [0.5, 0.6) is 0 Å². The average Bonchev–Trinajstić information content (AvgIpc) is 3.41. The third-order valence-electron chi connectivity index (χ3n) is 5.93. The number of nitrogens with one attached hydrogen (secondary N) is 1. The number of amides is 2. The van der Waals surface area contributed by atoms with Gasteiger partial charge in [-0.15, -0.1) is 11.3 Å². The van der Waals surface area contributed by atoms with Crippen LogP contribution in [0.2, 0.25) is 0 Å². The van der Waals surface area contributed by atoms with Gasteiger partial charge in [-0.05, 0) is 55.2 Å². The molecular formula is C27H25N3O2S2. The molecule has 0 aliphatic carbocycles. The molecule has 0 fully saturated rings. The number of aromatic nitrogens is 1. The number of benzene rings is 3. The van der Waals surface area contributed by atoms with Crippen LogP contribution in [-0.2, 0) is 22.4 Å². The summed E-state index contributed by atoms with van der Waals surface area (Å²) in [5, 5.41) is 2.99. The Morgan fingerprint density at radius 1 is 1.09 bits per heavy atom. The lowest BCUT2D eigenvalue weighted by Crippen LogP contribution is -2.36. The fourth-order valence-corrected chi connectivity index (χ4v) is 6.27. The summed E-state index contributed by atoms with van der Waals surface area (Å²) in [4.78, 5) is 31.9. The van der Waals surface area contributed by atoms with Crippen LogP contribution in [0.3, 0.4) is 0 Å². The van der Waals surface area contributed by atoms with Gasteiger partial charge < -0.3 is 10.2 Å². The molecule has 3 aromatic carbocycles. The quantitative estimate of drug-likeness (QED) is 0.328. The first kappa shape index (κ1) is 22.6. The van der Waals surface area contributed by atoms with Gasteiger partial charge in [0.05, 0.1) is 16.0 Å². The van der Waals surface area contributed by atoms with Crippen LogP contribution >= 0.6 is 23.1 Å². The number of para-hydroxylation sites is 1. The van der Waals surface area contributed by atoms with Crippen LogP contribution in [0.15, 0.2) is 77.1 Å². The molecule has 0 bridgehead atoms. The monoisotopic (exact) mass is 487 g/mol. The number of thiazole rings is 1. The van der Waals surface area contributed by atoms with Crippen LogP contribution in [0.1, 0.15) is 24.5 Å². The Labute approximate surface area is 207 Å². The van der Waals surface area contributed by atoms with Crippen molar-refractivity contribution in [3.8, 4) is 0 Å². The summed E-state index contributed by atoms with van der Waals surface area (Å²) in [6, 6.07) is 24.1. The van der Waals surface area contributed by atoms with Crippen molar-refractivity contribution >= 4 is 56.5 Å². The lowest BCUT2D eigenvalue weighted by molar-refractivity contribution is -0.117. The molecule has 1 aromatic heterocycles. The van der Waals surface area contributed by atoms with Crippen LogP contribution in [-0.4, -0.2) is 28.6 Å². The first-order chi connectivity index (χ1) is 16.6. The maximum atomic E-state index is 13.0. The molecule has 0 saturated carbocycles. The number of fused-ring (bicyclic) bond motifs is 2. The van der Waals surface area contributed by atoms with E-state index in [1.54, 1.807) is 11.3 Å². The standard InChI is InChI=1S/C27H25N3O2S2/c1-18-15-20-9-5-6-10-23(20)30(18)26(32)17-33-27-29-22-13-12-21(16-24(22)34-27)28-25(31)14-11-19-7-3-2-4-8-19/h2-10,12-13,16,18H,11,14-15,17H2,1H3,(H,28,31)/t18-/m1/s1. The zero-order valence-electron chi connectivity index (χ0n) is 18.9. The van der Waals surface area contributed by atoms with E-state index in [2.05, 4.69) is 23.3 Å². The summed E-state index contributed by atoms with van der Waals surface area (Å²) in [5.74, 6) is 0.447. The number of carbonyl (C=O) groups excluding carboxylic acids is 2. The molecule has 2 heterocycles. The second kappa shape index (κ2) is 9.99. The van der Waals surface area contributed by atoms with Gasteiger partial charge in [0, 0.05) is 23.8 Å². The van der Waals surface area contributed by atoms with Crippen LogP contribution in [0, 0.1) is 0 Å². The number of anilines is 2. The highest BCUT2D eigenvalue weighted by Gasteiger charge is 2.30. The van der Waals surface area contributed by atoms with E-state index in [0.29, 0.717) is 18.6 Å². The largest absolute Gasteiger partial charge is 0.326 e. The second-order valence-electron chi connectivity index (χ2n) is 8.43. The normalized spacial score (nSPS) is 14.9. The van der Waals surface area contributed by atoms with Gasteiger partial charge in [-0.3, -0.25) is 9.59 Å². The van der Waals surface area contributed by atoms with Crippen molar-refractivity contribution in [1.29, 1.82) is 0 Å². The molecular weight excluding hydrogens is 462 g/mol. The van der Waals surface area contributed by atoms with Gasteiger partial charge in [-0.1, -0.05) is 60.3 Å². The number of aryl methyl sites for hydroxylation is 1. The van der Waals surface area contributed by atoms with Gasteiger partial charge in [-0.25, -0.2) is 4.98 Å². The molecule has 1 atom stereocenters. The molecule has 7 heteroatoms. The number of nitrogens with zero attached hydrogens (tertiary/aromatic N) is 2. The maximum absolute atomic E-state index is 13.0. The van der Waals surface area contributed by atoms with Crippen molar-refractivity contribution in [2.24, 2.45) is 0 Å². The fourth-order valence-electron chi connectivity index (χ4n) is 4.31. The van der Waals surface area contributed by atoms with E-state index in [4.69, 9.17) is 0 Å². The molecule has 1 N–H and O–H groups in total. The van der Waals surface area contributed by atoms with E-state index in [0.717, 1.165) is 37.9 Å². The Balaban J connectivity index is 1.19. The predicted molar refractivity (Wildman–Crippen MR) is 141 cm³/mol. The highest BCUT2D eigenvalue weighted by atomic mass is 32.2. The van der Waals surface area contributed by atoms with Gasteiger partial charge >= 0.3 is 0 Å². The minimum Gasteiger partial charge on any atom is -0.326 e. The zero-order valence-corrected chi connectivity index (χ0v) is 20.5. The lowest BCUT2D eigenvalue weighted by atomic mass is 10.1. The molecule has 5 rings (SSSR count). The van der Waals surface area contributed by atoms with E-state index < -0.39 is 0 Å².